The molecule has 0 aromatic heterocycles. The van der Waals surface area contributed by atoms with Crippen LogP contribution < -0.4 is 0 Å². The number of benzene rings is 13. The van der Waals surface area contributed by atoms with Crippen LogP contribution in [0.1, 0.15) is 49.9 Å². The third kappa shape index (κ3) is 5.10. The van der Waals surface area contributed by atoms with Gasteiger partial charge in [0.1, 0.15) is 0 Å². The molecule has 0 radical (unpaired) electrons. The minimum atomic E-state index is -0.141. The van der Waals surface area contributed by atoms with Gasteiger partial charge in [0.05, 0.1) is 0 Å². The molecule has 13 aromatic carbocycles. The Kier molecular flexibility index (Phi) is 7.45. The van der Waals surface area contributed by atoms with Crippen LogP contribution in [0.3, 0.4) is 0 Å². The molecule has 0 nitrogen and oxygen atoms in total. The summed E-state index contributed by atoms with van der Waals surface area (Å²) >= 11 is 0. The molecule has 0 unspecified atom stereocenters. The van der Waals surface area contributed by atoms with Crippen LogP contribution in [0, 0.1) is 0 Å². The third-order valence-corrected chi connectivity index (χ3v) is 16.6. The second-order valence-corrected chi connectivity index (χ2v) is 20.8. The number of fused-ring (bicyclic) bond motifs is 6. The van der Waals surface area contributed by atoms with Crippen LogP contribution >= 0.6 is 0 Å². The van der Waals surface area contributed by atoms with Crippen LogP contribution in [0.15, 0.2) is 206 Å². The van der Waals surface area contributed by atoms with Gasteiger partial charge in [-0.1, -0.05) is 210 Å². The van der Waals surface area contributed by atoms with Gasteiger partial charge in [-0.2, -0.15) is 0 Å². The maximum absolute atomic E-state index is 2.47. The van der Waals surface area contributed by atoms with Crippen LogP contribution in [0.2, 0.25) is 0 Å². The summed E-state index contributed by atoms with van der Waals surface area (Å²) in [6, 6.07) is 78.8. The zero-order chi connectivity index (χ0) is 45.2. The van der Waals surface area contributed by atoms with E-state index in [1.54, 1.807) is 0 Å². The Morgan fingerprint density at radius 1 is 0.221 bits per heavy atom. The molecular formula is C68H46. The van der Waals surface area contributed by atoms with Crippen molar-refractivity contribution >= 4 is 64.6 Å². The standard InChI is InChI=1S/C68H46/c1-67(2)59-35-47(23-29-53(59)55-31-25-49(37-61(55)67)51-27-19-45-17-15-41-7-5-9-43-21-33-57(51)65(45)63(41)43)39-11-13-40(14-12-39)48-24-30-54-56-32-26-50(38-62(56)68(3,4)60(54)36-48)52-28-20-46-18-16-42-8-6-10-44-22-34-58(52)66(46)64(42)44/h5-38H,1-4H3. The van der Waals surface area contributed by atoms with Gasteiger partial charge in [-0.05, 0) is 178 Å². The molecule has 0 aliphatic heterocycles. The second kappa shape index (κ2) is 13.3. The number of rotatable bonds is 4. The number of hydrogen-bond donors (Lipinski definition) is 0. The van der Waals surface area contributed by atoms with Crippen molar-refractivity contribution in [3.8, 4) is 66.8 Å². The van der Waals surface area contributed by atoms with Crippen molar-refractivity contribution < 1.29 is 0 Å². The molecule has 0 N–H and O–H groups in total. The van der Waals surface area contributed by atoms with E-state index in [9.17, 15) is 0 Å². The van der Waals surface area contributed by atoms with E-state index in [0.29, 0.717) is 0 Å². The van der Waals surface area contributed by atoms with E-state index in [0.717, 1.165) is 0 Å². The molecule has 0 atom stereocenters. The first-order chi connectivity index (χ1) is 33.2. The molecule has 318 valence electrons. The first-order valence-electron chi connectivity index (χ1n) is 24.2. The Balaban J connectivity index is 0.733. The van der Waals surface area contributed by atoms with Crippen LogP contribution in [0.5, 0.6) is 0 Å². The van der Waals surface area contributed by atoms with Crippen molar-refractivity contribution in [2.75, 3.05) is 0 Å². The van der Waals surface area contributed by atoms with Gasteiger partial charge in [0.15, 0.2) is 0 Å². The predicted molar refractivity (Wildman–Crippen MR) is 291 cm³/mol. The molecule has 13 aromatic rings. The topological polar surface area (TPSA) is 0 Å². The van der Waals surface area contributed by atoms with Gasteiger partial charge in [-0.3, -0.25) is 0 Å². The molecule has 0 spiro atoms. The molecule has 0 heteroatoms. The quantitative estimate of drug-likeness (QED) is 0.155. The van der Waals surface area contributed by atoms with E-state index in [1.165, 1.54) is 154 Å². The maximum atomic E-state index is 2.47. The van der Waals surface area contributed by atoms with Gasteiger partial charge in [-0.15, -0.1) is 0 Å². The fourth-order valence-corrected chi connectivity index (χ4v) is 13.0. The molecular weight excluding hydrogens is 817 g/mol. The third-order valence-electron chi connectivity index (χ3n) is 16.6. The molecule has 0 heterocycles. The van der Waals surface area contributed by atoms with E-state index in [4.69, 9.17) is 0 Å². The average molecular weight is 863 g/mol. The summed E-state index contributed by atoms with van der Waals surface area (Å²) in [5.41, 5.74) is 20.8. The lowest BCUT2D eigenvalue weighted by Crippen LogP contribution is -2.15. The maximum Gasteiger partial charge on any atom is 0.0159 e. The minimum absolute atomic E-state index is 0.141. The average Bonchev–Trinajstić information content (AvgIpc) is 3.75. The summed E-state index contributed by atoms with van der Waals surface area (Å²) in [5.74, 6) is 0. The van der Waals surface area contributed by atoms with E-state index in [-0.39, 0.29) is 10.8 Å². The van der Waals surface area contributed by atoms with Crippen molar-refractivity contribution in [3.63, 3.8) is 0 Å². The molecule has 15 rings (SSSR count). The largest absolute Gasteiger partial charge is 0.0610 e. The van der Waals surface area contributed by atoms with Crippen LogP contribution in [-0.4, -0.2) is 0 Å². The van der Waals surface area contributed by atoms with E-state index >= 15 is 0 Å². The minimum Gasteiger partial charge on any atom is -0.0610 e. The van der Waals surface area contributed by atoms with Gasteiger partial charge in [0, 0.05) is 10.8 Å². The highest BCUT2D eigenvalue weighted by Crippen LogP contribution is 2.53. The lowest BCUT2D eigenvalue weighted by Gasteiger charge is -2.23. The fourth-order valence-electron chi connectivity index (χ4n) is 13.0. The van der Waals surface area contributed by atoms with E-state index < -0.39 is 0 Å². The van der Waals surface area contributed by atoms with Crippen molar-refractivity contribution in [3.05, 3.63) is 229 Å². The summed E-state index contributed by atoms with van der Waals surface area (Å²) in [4.78, 5) is 0. The lowest BCUT2D eigenvalue weighted by atomic mass is 9.80. The molecule has 0 bridgehead atoms. The molecule has 0 amide bonds. The Morgan fingerprint density at radius 2 is 0.485 bits per heavy atom. The molecule has 2 aliphatic carbocycles. The Bertz CT molecular complexity index is 3980. The van der Waals surface area contributed by atoms with E-state index in [2.05, 4.69) is 234 Å². The van der Waals surface area contributed by atoms with Crippen LogP contribution in [0.4, 0.5) is 0 Å². The molecule has 68 heavy (non-hydrogen) atoms. The van der Waals surface area contributed by atoms with Crippen LogP contribution in [-0.2, 0) is 10.8 Å². The highest BCUT2D eigenvalue weighted by molar-refractivity contribution is 6.26. The fraction of sp³-hybridized carbons (Fsp3) is 0.0882. The van der Waals surface area contributed by atoms with Gasteiger partial charge < -0.3 is 0 Å². The molecule has 2 aliphatic rings. The van der Waals surface area contributed by atoms with Gasteiger partial charge >= 0.3 is 0 Å². The van der Waals surface area contributed by atoms with Crippen molar-refractivity contribution in [1.82, 2.24) is 0 Å². The van der Waals surface area contributed by atoms with Crippen molar-refractivity contribution in [2.24, 2.45) is 0 Å². The molecule has 0 fully saturated rings. The van der Waals surface area contributed by atoms with Crippen molar-refractivity contribution in [1.29, 1.82) is 0 Å². The predicted octanol–water partition coefficient (Wildman–Crippen LogP) is 18.8. The summed E-state index contributed by atoms with van der Waals surface area (Å²) < 4.78 is 0. The van der Waals surface area contributed by atoms with Gasteiger partial charge in [0.2, 0.25) is 0 Å². The highest BCUT2D eigenvalue weighted by atomic mass is 14.4. The SMILES string of the molecule is CC1(C)c2cc(-c3ccc(-c4ccc5c(c4)C(C)(C)c4cc(-c6ccc7ccc8cccc9ccc6c7c89)ccc4-5)cc3)ccc2-c2ccc(-c3ccc4ccc5cccc6ccc3c4c56)cc21. The van der Waals surface area contributed by atoms with Crippen molar-refractivity contribution in [2.45, 2.75) is 38.5 Å². The van der Waals surface area contributed by atoms with Gasteiger partial charge in [0.25, 0.3) is 0 Å². The zero-order valence-electron chi connectivity index (χ0n) is 38.6. The zero-order valence-corrected chi connectivity index (χ0v) is 38.6. The smallest absolute Gasteiger partial charge is 0.0159 e. The number of hydrogen-bond acceptors (Lipinski definition) is 0. The Hall–Kier alpha value is -8.06. The highest BCUT2D eigenvalue weighted by Gasteiger charge is 2.37. The summed E-state index contributed by atoms with van der Waals surface area (Å²) in [6.07, 6.45) is 0. The molecule has 0 saturated heterocycles. The Morgan fingerprint density at radius 3 is 0.853 bits per heavy atom. The first-order valence-corrected chi connectivity index (χ1v) is 24.2. The van der Waals surface area contributed by atoms with Crippen LogP contribution in [0.25, 0.3) is 131 Å². The summed E-state index contributed by atoms with van der Waals surface area (Å²) in [6.45, 7) is 9.61. The second-order valence-electron chi connectivity index (χ2n) is 20.8. The molecule has 0 saturated carbocycles. The summed E-state index contributed by atoms with van der Waals surface area (Å²) in [5, 5.41) is 15.9. The normalized spacial score (nSPS) is 14.4. The monoisotopic (exact) mass is 862 g/mol. The lowest BCUT2D eigenvalue weighted by molar-refractivity contribution is 0.660. The Labute approximate surface area is 396 Å². The summed E-state index contributed by atoms with van der Waals surface area (Å²) in [7, 11) is 0. The van der Waals surface area contributed by atoms with Gasteiger partial charge in [-0.25, -0.2) is 0 Å². The first kappa shape index (κ1) is 38.1. The van der Waals surface area contributed by atoms with E-state index in [1.807, 2.05) is 0 Å².